The predicted octanol–water partition coefficient (Wildman–Crippen LogP) is 1.75. The summed E-state index contributed by atoms with van der Waals surface area (Å²) < 4.78 is 0. The summed E-state index contributed by atoms with van der Waals surface area (Å²) in [5, 5.41) is 26.2. The van der Waals surface area contributed by atoms with Crippen molar-refractivity contribution in [2.45, 2.75) is 31.9 Å². The van der Waals surface area contributed by atoms with Crippen molar-refractivity contribution in [3.63, 3.8) is 0 Å². The molecule has 4 aromatic heterocycles. The Hall–Kier alpha value is -4.38. The number of aromatic nitrogens is 6. The second-order valence-electron chi connectivity index (χ2n) is 9.26. The van der Waals surface area contributed by atoms with Gasteiger partial charge in [0.25, 0.3) is 0 Å². The second-order valence-corrected chi connectivity index (χ2v) is 9.26. The van der Waals surface area contributed by atoms with Gasteiger partial charge in [-0.25, -0.2) is 15.0 Å². The zero-order valence-electron chi connectivity index (χ0n) is 19.4. The van der Waals surface area contributed by atoms with Gasteiger partial charge in [-0.3, -0.25) is 10.1 Å². The molecule has 6 rings (SSSR count). The van der Waals surface area contributed by atoms with Crippen LogP contribution in [-0.4, -0.2) is 48.3 Å². The Morgan fingerprint density at radius 3 is 2.75 bits per heavy atom. The third-order valence-corrected chi connectivity index (χ3v) is 7.30. The monoisotopic (exact) mass is 477 g/mol. The maximum atomic E-state index is 10.1. The number of nitrogens with two attached hydrogens (primary N) is 1. The van der Waals surface area contributed by atoms with Crippen molar-refractivity contribution < 1.29 is 5.11 Å². The Morgan fingerprint density at radius 2 is 2.03 bits per heavy atom. The molecule has 4 N–H and O–H groups in total. The van der Waals surface area contributed by atoms with Crippen LogP contribution < -0.4 is 10.6 Å². The third kappa shape index (κ3) is 3.64. The van der Waals surface area contributed by atoms with Gasteiger partial charge in [-0.2, -0.15) is 10.4 Å². The molecule has 0 unspecified atom stereocenters. The van der Waals surface area contributed by atoms with Crippen LogP contribution in [0, 0.1) is 28.6 Å². The Labute approximate surface area is 207 Å². The summed E-state index contributed by atoms with van der Waals surface area (Å²) in [6.07, 6.45) is 6.09. The number of hydrogen-bond donors (Lipinski definition) is 3. The number of hydrogen-bond acceptors (Lipinski definition) is 9. The maximum Gasteiger partial charge on any atom is 0.177 e. The van der Waals surface area contributed by atoms with Gasteiger partial charge in [-0.1, -0.05) is 12.0 Å². The number of pyridine rings is 2. The first-order chi connectivity index (χ1) is 17.6. The highest BCUT2D eigenvalue weighted by Gasteiger charge is 2.46. The molecule has 10 heteroatoms. The van der Waals surface area contributed by atoms with E-state index in [1.54, 1.807) is 12.1 Å². The molecule has 0 bridgehead atoms. The first-order valence-corrected chi connectivity index (χ1v) is 11.8. The molecule has 178 valence electrons. The molecular formula is C26H23N9O. The van der Waals surface area contributed by atoms with Gasteiger partial charge in [-0.05, 0) is 54.4 Å². The number of rotatable bonds is 2. The molecule has 10 nitrogen and oxygen atoms in total. The third-order valence-electron chi connectivity index (χ3n) is 7.30. The van der Waals surface area contributed by atoms with E-state index in [1.165, 1.54) is 6.20 Å². The van der Waals surface area contributed by atoms with E-state index >= 15 is 0 Å². The number of H-pyrrole nitrogens is 1. The lowest BCUT2D eigenvalue weighted by molar-refractivity contribution is 0.186. The summed E-state index contributed by atoms with van der Waals surface area (Å²) in [6, 6.07) is 9.34. The molecule has 1 atom stereocenters. The number of nitriles is 1. The minimum Gasteiger partial charge on any atom is -0.390 e. The maximum absolute atomic E-state index is 10.1. The number of aliphatic hydroxyl groups excluding tert-OH is 1. The predicted molar refractivity (Wildman–Crippen MR) is 131 cm³/mol. The average Bonchev–Trinajstić information content (AvgIpc) is 3.45. The number of anilines is 1. The van der Waals surface area contributed by atoms with E-state index in [0.717, 1.165) is 43.6 Å². The summed E-state index contributed by atoms with van der Waals surface area (Å²) in [5.41, 5.74) is 11.9. The molecule has 1 aliphatic carbocycles. The van der Waals surface area contributed by atoms with E-state index in [4.69, 9.17) is 16.0 Å². The molecule has 1 aliphatic heterocycles. The molecule has 0 saturated carbocycles. The lowest BCUT2D eigenvalue weighted by atomic mass is 9.73. The van der Waals surface area contributed by atoms with Crippen molar-refractivity contribution in [1.82, 2.24) is 30.1 Å². The molecule has 0 radical (unpaired) electrons. The fourth-order valence-corrected chi connectivity index (χ4v) is 5.28. The van der Waals surface area contributed by atoms with Crippen LogP contribution in [-0.2, 0) is 13.0 Å². The summed E-state index contributed by atoms with van der Waals surface area (Å²) in [7, 11) is 0. The highest BCUT2D eigenvalue weighted by Crippen LogP contribution is 2.50. The van der Waals surface area contributed by atoms with Crippen molar-refractivity contribution in [3.05, 3.63) is 70.6 Å². The van der Waals surface area contributed by atoms with E-state index in [0.29, 0.717) is 39.6 Å². The molecule has 2 aliphatic rings. The topological polar surface area (TPSA) is 154 Å². The van der Waals surface area contributed by atoms with E-state index in [2.05, 4.69) is 48.0 Å². The van der Waals surface area contributed by atoms with Crippen LogP contribution in [0.5, 0.6) is 0 Å². The number of nitrogens with zero attached hydrogens (tertiary/aromatic N) is 7. The van der Waals surface area contributed by atoms with Crippen LogP contribution in [0.2, 0.25) is 0 Å². The van der Waals surface area contributed by atoms with Gasteiger partial charge in [0.15, 0.2) is 17.2 Å². The van der Waals surface area contributed by atoms with Gasteiger partial charge in [-0.15, -0.1) is 0 Å². The van der Waals surface area contributed by atoms with Gasteiger partial charge in [0, 0.05) is 42.8 Å². The molecule has 5 heterocycles. The highest BCUT2D eigenvalue weighted by atomic mass is 16.3. The van der Waals surface area contributed by atoms with E-state index < -0.39 is 0 Å². The Kier molecular flexibility index (Phi) is 5.33. The SMILES string of the molecule is N#Cc1ccc(C#Cc2n[nH]c3nc(N4CCC5(CC4)Cc4ncccc4[C@H]5N)c(CO)nc23)cn1. The average molecular weight is 478 g/mol. The Morgan fingerprint density at radius 1 is 1.17 bits per heavy atom. The van der Waals surface area contributed by atoms with Gasteiger partial charge < -0.3 is 15.7 Å². The highest BCUT2D eigenvalue weighted by molar-refractivity contribution is 5.78. The zero-order chi connectivity index (χ0) is 24.7. The number of fused-ring (bicyclic) bond motifs is 2. The lowest BCUT2D eigenvalue weighted by Crippen LogP contribution is -2.45. The van der Waals surface area contributed by atoms with Crippen LogP contribution in [0.15, 0.2) is 36.7 Å². The van der Waals surface area contributed by atoms with Crippen LogP contribution in [0.1, 0.15) is 52.8 Å². The summed E-state index contributed by atoms with van der Waals surface area (Å²) in [6.45, 7) is 1.29. The largest absolute Gasteiger partial charge is 0.390 e. The van der Waals surface area contributed by atoms with E-state index in [9.17, 15) is 5.11 Å². The number of aliphatic hydroxyl groups is 1. The number of nitrogens with one attached hydrogen (secondary N) is 1. The first-order valence-electron chi connectivity index (χ1n) is 11.8. The molecule has 0 amide bonds. The quantitative estimate of drug-likeness (QED) is 0.366. The number of aromatic amines is 1. The van der Waals surface area contributed by atoms with Crippen molar-refractivity contribution in [3.8, 4) is 17.9 Å². The molecule has 1 saturated heterocycles. The summed E-state index contributed by atoms with van der Waals surface area (Å²) >= 11 is 0. The molecule has 36 heavy (non-hydrogen) atoms. The minimum atomic E-state index is -0.244. The minimum absolute atomic E-state index is 0.00113. The van der Waals surface area contributed by atoms with Crippen LogP contribution in [0.4, 0.5) is 5.82 Å². The molecule has 1 spiro atoms. The second kappa shape index (κ2) is 8.68. The van der Waals surface area contributed by atoms with Gasteiger partial charge in [0.2, 0.25) is 0 Å². The molecule has 4 aromatic rings. The van der Waals surface area contributed by atoms with Crippen LogP contribution >= 0.6 is 0 Å². The van der Waals surface area contributed by atoms with Gasteiger partial charge in [0.05, 0.1) is 6.61 Å². The Bertz CT molecular complexity index is 1550. The van der Waals surface area contributed by atoms with Crippen LogP contribution in [0.25, 0.3) is 11.2 Å². The van der Waals surface area contributed by atoms with Crippen molar-refractivity contribution in [1.29, 1.82) is 5.26 Å². The van der Waals surface area contributed by atoms with E-state index in [1.807, 2.05) is 18.3 Å². The molecular weight excluding hydrogens is 454 g/mol. The fourth-order valence-electron chi connectivity index (χ4n) is 5.28. The standard InChI is InChI=1S/C26H23N9O/c27-13-17-5-3-16(14-30-17)4-6-19-22-24(34-33-19)32-25(21(15-36)31-22)35-10-7-26(8-11-35)12-20-18(23(26)28)2-1-9-29-20/h1-3,5,9,14,23,36H,7-8,10-12,15,28H2,(H,32,33,34)/t23-/m1/s1. The van der Waals surface area contributed by atoms with Gasteiger partial charge >= 0.3 is 0 Å². The lowest BCUT2D eigenvalue weighted by Gasteiger charge is -2.42. The first kappa shape index (κ1) is 22.1. The van der Waals surface area contributed by atoms with Gasteiger partial charge in [0.1, 0.15) is 23.0 Å². The van der Waals surface area contributed by atoms with Crippen molar-refractivity contribution in [2.75, 3.05) is 18.0 Å². The fraction of sp³-hybridized carbons (Fsp3) is 0.308. The van der Waals surface area contributed by atoms with E-state index in [-0.39, 0.29) is 18.1 Å². The Balaban J connectivity index is 1.24. The molecule has 0 aromatic carbocycles. The van der Waals surface area contributed by atoms with Crippen molar-refractivity contribution in [2.24, 2.45) is 11.1 Å². The molecule has 1 fully saturated rings. The smallest absolute Gasteiger partial charge is 0.177 e. The van der Waals surface area contributed by atoms with Crippen molar-refractivity contribution >= 4 is 17.0 Å². The van der Waals surface area contributed by atoms with Crippen LogP contribution in [0.3, 0.4) is 0 Å². The number of piperidine rings is 1. The summed E-state index contributed by atoms with van der Waals surface area (Å²) in [4.78, 5) is 20.2. The zero-order valence-corrected chi connectivity index (χ0v) is 19.4. The summed E-state index contributed by atoms with van der Waals surface area (Å²) in [5.74, 6) is 6.62. The normalized spacial score (nSPS) is 18.0.